The average molecular weight is 258 g/mol. The maximum absolute atomic E-state index is 12.1. The van der Waals surface area contributed by atoms with Crippen molar-refractivity contribution in [3.63, 3.8) is 0 Å². The van der Waals surface area contributed by atoms with Crippen LogP contribution in [0.5, 0.6) is 0 Å². The van der Waals surface area contributed by atoms with E-state index < -0.39 is 5.97 Å². The van der Waals surface area contributed by atoms with Gasteiger partial charge in [0, 0.05) is 22.7 Å². The second-order valence-corrected chi connectivity index (χ2v) is 4.05. The summed E-state index contributed by atoms with van der Waals surface area (Å²) in [7, 11) is 0. The smallest absolute Gasteiger partial charge is 0.352 e. The van der Waals surface area contributed by atoms with Crippen molar-refractivity contribution in [1.82, 2.24) is 4.98 Å². The molecule has 0 radical (unpaired) electrons. The molecule has 2 N–H and O–H groups in total. The van der Waals surface area contributed by atoms with Crippen LogP contribution in [0, 0.1) is 5.41 Å². The minimum absolute atomic E-state index is 0.197. The summed E-state index contributed by atoms with van der Waals surface area (Å²) in [6.07, 6.45) is 1.35. The Balaban J connectivity index is 2.16. The lowest BCUT2D eigenvalue weighted by molar-refractivity contribution is -0.135. The summed E-state index contributed by atoms with van der Waals surface area (Å²) in [5, 5.41) is 8.33. The first-order chi connectivity index (χ1) is 9.13. The van der Waals surface area contributed by atoms with Crippen LogP contribution in [0.2, 0.25) is 0 Å². The largest absolute Gasteiger partial charge is 0.462 e. The Morgan fingerprint density at radius 3 is 2.79 bits per heavy atom. The molecular formula is C14H14N2O3. The van der Waals surface area contributed by atoms with Gasteiger partial charge < -0.3 is 9.72 Å². The molecule has 5 heteroatoms. The lowest BCUT2D eigenvalue weighted by atomic mass is 10.0. The van der Waals surface area contributed by atoms with E-state index in [0.717, 1.165) is 10.9 Å². The molecule has 0 spiro atoms. The van der Waals surface area contributed by atoms with Gasteiger partial charge in [-0.05, 0) is 13.0 Å². The number of hydrogen-bond acceptors (Lipinski definition) is 4. The predicted octanol–water partition coefficient (Wildman–Crippen LogP) is 2.32. The van der Waals surface area contributed by atoms with E-state index in [2.05, 4.69) is 9.72 Å². The Morgan fingerprint density at radius 1 is 1.32 bits per heavy atom. The number of aromatic nitrogens is 1. The van der Waals surface area contributed by atoms with Gasteiger partial charge in [-0.25, -0.2) is 4.79 Å². The summed E-state index contributed by atoms with van der Waals surface area (Å²) >= 11 is 0. The van der Waals surface area contributed by atoms with Gasteiger partial charge in [-0.15, -0.1) is 0 Å². The highest BCUT2D eigenvalue weighted by atomic mass is 16.5. The third-order valence-corrected chi connectivity index (χ3v) is 2.75. The van der Waals surface area contributed by atoms with Crippen LogP contribution >= 0.6 is 0 Å². The molecule has 2 rings (SSSR count). The maximum atomic E-state index is 12.1. The number of para-hydroxylation sites is 1. The molecule has 98 valence electrons. The van der Waals surface area contributed by atoms with E-state index in [1.807, 2.05) is 24.3 Å². The second-order valence-electron chi connectivity index (χ2n) is 4.05. The first kappa shape index (κ1) is 13.0. The van der Waals surface area contributed by atoms with Gasteiger partial charge in [-0.3, -0.25) is 10.2 Å². The molecule has 5 nitrogen and oxygen atoms in total. The van der Waals surface area contributed by atoms with Crippen molar-refractivity contribution in [2.45, 2.75) is 13.3 Å². The number of ketones is 1. The Labute approximate surface area is 110 Å². The van der Waals surface area contributed by atoms with Crippen LogP contribution in [0.15, 0.2) is 30.5 Å². The lowest BCUT2D eigenvalue weighted by Gasteiger charge is -2.02. The molecule has 0 aliphatic rings. The Kier molecular flexibility index (Phi) is 3.75. The first-order valence-corrected chi connectivity index (χ1v) is 5.97. The van der Waals surface area contributed by atoms with Crippen LogP contribution < -0.4 is 0 Å². The highest BCUT2D eigenvalue weighted by Gasteiger charge is 2.18. The summed E-state index contributed by atoms with van der Waals surface area (Å²) in [4.78, 5) is 26.4. The van der Waals surface area contributed by atoms with E-state index in [4.69, 9.17) is 5.41 Å². The predicted molar refractivity (Wildman–Crippen MR) is 71.6 cm³/mol. The molecule has 1 heterocycles. The quantitative estimate of drug-likeness (QED) is 0.490. The van der Waals surface area contributed by atoms with E-state index in [-0.39, 0.29) is 24.5 Å². The van der Waals surface area contributed by atoms with Crippen molar-refractivity contribution in [2.75, 3.05) is 6.61 Å². The van der Waals surface area contributed by atoms with Gasteiger partial charge in [0.05, 0.1) is 13.0 Å². The van der Waals surface area contributed by atoms with E-state index in [1.165, 1.54) is 0 Å². The topological polar surface area (TPSA) is 83.0 Å². The van der Waals surface area contributed by atoms with Crippen molar-refractivity contribution >= 4 is 28.4 Å². The highest BCUT2D eigenvalue weighted by Crippen LogP contribution is 2.19. The minimum atomic E-state index is -0.740. The zero-order chi connectivity index (χ0) is 13.8. The number of nitrogens with one attached hydrogen (secondary N) is 2. The van der Waals surface area contributed by atoms with Crippen LogP contribution in [0.25, 0.3) is 10.9 Å². The number of rotatable bonds is 5. The number of ether oxygens (including phenoxy) is 1. The van der Waals surface area contributed by atoms with E-state index in [0.29, 0.717) is 5.56 Å². The number of carbonyl (C=O) groups excluding carboxylic acids is 2. The molecule has 0 saturated carbocycles. The van der Waals surface area contributed by atoms with Gasteiger partial charge in [-0.1, -0.05) is 18.2 Å². The molecule has 19 heavy (non-hydrogen) atoms. The fourth-order valence-electron chi connectivity index (χ4n) is 1.85. The summed E-state index contributed by atoms with van der Waals surface area (Å²) in [5.74, 6) is -1.01. The summed E-state index contributed by atoms with van der Waals surface area (Å²) in [5.41, 5.74) is 1.02. The van der Waals surface area contributed by atoms with Crippen LogP contribution in [0.1, 0.15) is 23.7 Å². The molecule has 0 saturated heterocycles. The molecule has 0 fully saturated rings. The number of carbonyl (C=O) groups is 2. The molecule has 0 unspecified atom stereocenters. The van der Waals surface area contributed by atoms with Gasteiger partial charge in [0.2, 0.25) is 0 Å². The zero-order valence-electron chi connectivity index (χ0n) is 10.5. The van der Waals surface area contributed by atoms with Crippen molar-refractivity contribution < 1.29 is 14.3 Å². The van der Waals surface area contributed by atoms with Gasteiger partial charge in [0.25, 0.3) is 0 Å². The summed E-state index contributed by atoms with van der Waals surface area (Å²) in [6.45, 7) is 1.86. The van der Waals surface area contributed by atoms with Gasteiger partial charge in [0.1, 0.15) is 5.71 Å². The molecule has 0 aliphatic carbocycles. The number of benzene rings is 1. The molecule has 1 aromatic carbocycles. The maximum Gasteiger partial charge on any atom is 0.352 e. The molecule has 0 bridgehead atoms. The Morgan fingerprint density at radius 2 is 2.05 bits per heavy atom. The van der Waals surface area contributed by atoms with Crippen molar-refractivity contribution in [1.29, 1.82) is 5.41 Å². The van der Waals surface area contributed by atoms with Crippen molar-refractivity contribution in [2.24, 2.45) is 0 Å². The molecular weight excluding hydrogens is 244 g/mol. The molecule has 0 amide bonds. The monoisotopic (exact) mass is 258 g/mol. The first-order valence-electron chi connectivity index (χ1n) is 5.97. The van der Waals surface area contributed by atoms with Crippen LogP contribution in [0.4, 0.5) is 0 Å². The van der Waals surface area contributed by atoms with Crippen LogP contribution in [-0.2, 0) is 9.53 Å². The highest BCUT2D eigenvalue weighted by molar-refractivity contribution is 6.39. The number of aromatic amines is 1. The summed E-state index contributed by atoms with van der Waals surface area (Å²) in [6, 6.07) is 7.40. The van der Waals surface area contributed by atoms with Gasteiger partial charge >= 0.3 is 5.97 Å². The van der Waals surface area contributed by atoms with E-state index >= 15 is 0 Å². The number of Topliss-reactive ketones (excluding diaryl/α,β-unsaturated/α-hetero) is 1. The Bertz CT molecular complexity index is 643. The van der Waals surface area contributed by atoms with Crippen molar-refractivity contribution in [3.05, 3.63) is 36.0 Å². The molecule has 0 atom stereocenters. The molecule has 0 aliphatic heterocycles. The number of H-pyrrole nitrogens is 1. The van der Waals surface area contributed by atoms with Gasteiger partial charge in [0.15, 0.2) is 5.78 Å². The Hall–Kier alpha value is -2.43. The third kappa shape index (κ3) is 2.70. The van der Waals surface area contributed by atoms with E-state index in [9.17, 15) is 9.59 Å². The fraction of sp³-hybridized carbons (Fsp3) is 0.214. The summed E-state index contributed by atoms with van der Waals surface area (Å²) < 4.78 is 4.69. The third-order valence-electron chi connectivity index (χ3n) is 2.75. The minimum Gasteiger partial charge on any atom is -0.462 e. The SMILES string of the molecule is CCOC(=O)C(=N)CC(=O)c1c[nH]c2ccccc12. The lowest BCUT2D eigenvalue weighted by Crippen LogP contribution is -2.19. The zero-order valence-corrected chi connectivity index (χ0v) is 10.5. The standard InChI is InChI=1S/C14H14N2O3/c1-2-19-14(18)11(15)7-13(17)10-8-16-12-6-4-3-5-9(10)12/h3-6,8,15-16H,2,7H2,1H3. The number of esters is 1. The average Bonchev–Trinajstić information content (AvgIpc) is 2.82. The normalized spacial score (nSPS) is 10.4. The van der Waals surface area contributed by atoms with Crippen LogP contribution in [0.3, 0.4) is 0 Å². The van der Waals surface area contributed by atoms with E-state index in [1.54, 1.807) is 13.1 Å². The second kappa shape index (κ2) is 5.48. The van der Waals surface area contributed by atoms with Crippen molar-refractivity contribution in [3.8, 4) is 0 Å². The van der Waals surface area contributed by atoms with Gasteiger partial charge in [-0.2, -0.15) is 0 Å². The molecule has 1 aromatic heterocycles. The number of fused-ring (bicyclic) bond motifs is 1. The molecule has 2 aromatic rings. The fourth-order valence-corrected chi connectivity index (χ4v) is 1.85. The van der Waals surface area contributed by atoms with Crippen LogP contribution in [-0.4, -0.2) is 29.1 Å². The number of hydrogen-bond donors (Lipinski definition) is 2.